The number of carbonyl (C=O) groups is 1. The Labute approximate surface area is 163 Å². The number of carbonyl (C=O) groups excluding carboxylic acids is 1. The summed E-state index contributed by atoms with van der Waals surface area (Å²) in [5.74, 6) is 1.02. The van der Waals surface area contributed by atoms with Gasteiger partial charge in [-0.25, -0.2) is 0 Å². The molecular weight excluding hydrogens is 336 g/mol. The zero-order valence-electron chi connectivity index (χ0n) is 16.7. The lowest BCUT2D eigenvalue weighted by Gasteiger charge is -2.50. The fourth-order valence-electron chi connectivity index (χ4n) is 5.85. The van der Waals surface area contributed by atoms with Crippen LogP contribution in [0.5, 0.6) is 0 Å². The van der Waals surface area contributed by atoms with E-state index >= 15 is 0 Å². The lowest BCUT2D eigenvalue weighted by molar-refractivity contribution is -0.882. The molecule has 0 amide bonds. The van der Waals surface area contributed by atoms with Gasteiger partial charge in [0.2, 0.25) is 0 Å². The molecule has 1 aromatic heterocycles. The lowest BCUT2D eigenvalue weighted by atomic mass is 9.55. The Morgan fingerprint density at radius 3 is 3.04 bits per heavy atom. The molecule has 27 heavy (non-hydrogen) atoms. The number of quaternary nitrogens is 1. The molecule has 4 nitrogen and oxygen atoms in total. The van der Waals surface area contributed by atoms with Gasteiger partial charge in [-0.2, -0.15) is 0 Å². The van der Waals surface area contributed by atoms with E-state index in [2.05, 4.69) is 31.6 Å². The third-order valence-electron chi connectivity index (χ3n) is 7.42. The molecule has 0 bridgehead atoms. The Balaban J connectivity index is 1.40. The minimum atomic E-state index is 0.0371. The van der Waals surface area contributed by atoms with Crippen molar-refractivity contribution in [2.75, 3.05) is 20.1 Å². The van der Waals surface area contributed by atoms with Crippen LogP contribution in [0.25, 0.3) is 0 Å². The molecule has 1 aromatic rings. The number of hydrogen-bond donors (Lipinski definition) is 1. The smallest absolute Gasteiger partial charge is 0.315 e. The molecule has 0 radical (unpaired) electrons. The predicted molar refractivity (Wildman–Crippen MR) is 105 cm³/mol. The standard InChI is InChI=1S/C23H32N2O2/c1-16-7-6-10-23(2)14-21-18(13-20(16)23)19(22(26)27-21)15-25(3)12-9-17-8-4-5-11-24-17/h4-5,8,11,18-21H,1,6-7,9-10,12-15H2,2-3H3/p+1/t18-,19-,20+,21-,23-/m1/s1. The van der Waals surface area contributed by atoms with E-state index in [-0.39, 0.29) is 23.4 Å². The van der Waals surface area contributed by atoms with Gasteiger partial charge in [0.05, 0.1) is 20.1 Å². The second kappa shape index (κ2) is 7.38. The normalized spacial score (nSPS) is 36.7. The third-order valence-corrected chi connectivity index (χ3v) is 7.42. The van der Waals surface area contributed by atoms with Gasteiger partial charge in [0.1, 0.15) is 12.0 Å². The van der Waals surface area contributed by atoms with E-state index in [1.165, 1.54) is 23.3 Å². The Kier molecular flexibility index (Phi) is 5.11. The first kappa shape index (κ1) is 18.7. The first-order chi connectivity index (χ1) is 13.0. The lowest BCUT2D eigenvalue weighted by Crippen LogP contribution is -3.10. The molecule has 1 aliphatic heterocycles. The van der Waals surface area contributed by atoms with E-state index < -0.39 is 0 Å². The number of fused-ring (bicyclic) bond motifs is 2. The maximum atomic E-state index is 12.7. The minimum absolute atomic E-state index is 0.0371. The summed E-state index contributed by atoms with van der Waals surface area (Å²) < 4.78 is 5.90. The molecule has 1 unspecified atom stereocenters. The number of likely N-dealkylation sites (N-methyl/N-ethyl adjacent to an activating group) is 1. The number of pyridine rings is 1. The van der Waals surface area contributed by atoms with Crippen molar-refractivity contribution in [2.45, 2.75) is 51.6 Å². The van der Waals surface area contributed by atoms with Crippen molar-refractivity contribution < 1.29 is 14.4 Å². The summed E-state index contributed by atoms with van der Waals surface area (Å²) in [5.41, 5.74) is 2.82. The second-order valence-corrected chi connectivity index (χ2v) is 9.39. The van der Waals surface area contributed by atoms with E-state index in [0.717, 1.165) is 44.5 Å². The molecular formula is C23H33N2O2+. The Bertz CT molecular complexity index is 704. The van der Waals surface area contributed by atoms with Crippen LogP contribution in [-0.4, -0.2) is 37.2 Å². The van der Waals surface area contributed by atoms with Crippen LogP contribution in [0.3, 0.4) is 0 Å². The molecule has 2 saturated carbocycles. The first-order valence-electron chi connectivity index (χ1n) is 10.6. The first-order valence-corrected chi connectivity index (χ1v) is 10.6. The number of hydrogen-bond acceptors (Lipinski definition) is 3. The van der Waals surface area contributed by atoms with Gasteiger partial charge in [-0.05, 0) is 55.6 Å². The second-order valence-electron chi connectivity index (χ2n) is 9.39. The fourth-order valence-corrected chi connectivity index (χ4v) is 5.85. The van der Waals surface area contributed by atoms with Crippen molar-refractivity contribution in [2.24, 2.45) is 23.2 Å². The Morgan fingerprint density at radius 2 is 2.26 bits per heavy atom. The molecule has 4 heteroatoms. The zero-order valence-corrected chi connectivity index (χ0v) is 16.7. The van der Waals surface area contributed by atoms with Crippen molar-refractivity contribution in [1.29, 1.82) is 0 Å². The molecule has 1 N–H and O–H groups in total. The van der Waals surface area contributed by atoms with Gasteiger partial charge in [-0.1, -0.05) is 25.1 Å². The molecule has 6 atom stereocenters. The van der Waals surface area contributed by atoms with Crippen molar-refractivity contribution in [3.8, 4) is 0 Å². The number of aromatic nitrogens is 1. The van der Waals surface area contributed by atoms with Gasteiger partial charge in [-0.15, -0.1) is 0 Å². The monoisotopic (exact) mass is 369 g/mol. The quantitative estimate of drug-likeness (QED) is 0.640. The van der Waals surface area contributed by atoms with Crippen molar-refractivity contribution in [1.82, 2.24) is 4.98 Å². The minimum Gasteiger partial charge on any atom is -0.462 e. The fraction of sp³-hybridized carbons (Fsp3) is 0.652. The third kappa shape index (κ3) is 3.69. The molecule has 2 heterocycles. The largest absolute Gasteiger partial charge is 0.462 e. The summed E-state index contributed by atoms with van der Waals surface area (Å²) in [7, 11) is 2.19. The summed E-state index contributed by atoms with van der Waals surface area (Å²) in [4.78, 5) is 18.5. The molecule has 3 aliphatic rings. The molecule has 0 aromatic carbocycles. The van der Waals surface area contributed by atoms with Gasteiger partial charge in [0.25, 0.3) is 0 Å². The summed E-state index contributed by atoms with van der Waals surface area (Å²) in [6.45, 7) is 8.64. The topological polar surface area (TPSA) is 43.6 Å². The number of ether oxygens (including phenoxy) is 1. The van der Waals surface area contributed by atoms with E-state index in [4.69, 9.17) is 4.74 Å². The summed E-state index contributed by atoms with van der Waals surface area (Å²) in [5, 5.41) is 0. The van der Waals surface area contributed by atoms with Crippen LogP contribution in [0, 0.1) is 23.2 Å². The highest BCUT2D eigenvalue weighted by atomic mass is 16.6. The molecule has 146 valence electrons. The van der Waals surface area contributed by atoms with E-state index in [1.54, 1.807) is 0 Å². The van der Waals surface area contributed by atoms with E-state index in [1.807, 2.05) is 18.3 Å². The van der Waals surface area contributed by atoms with Crippen LogP contribution in [-0.2, 0) is 16.0 Å². The zero-order chi connectivity index (χ0) is 19.0. The Morgan fingerprint density at radius 1 is 1.41 bits per heavy atom. The van der Waals surface area contributed by atoms with Crippen LogP contribution in [0.2, 0.25) is 0 Å². The van der Waals surface area contributed by atoms with Crippen LogP contribution >= 0.6 is 0 Å². The number of rotatable bonds is 5. The van der Waals surface area contributed by atoms with Gasteiger partial charge < -0.3 is 9.64 Å². The highest BCUT2D eigenvalue weighted by Gasteiger charge is 2.55. The summed E-state index contributed by atoms with van der Waals surface area (Å²) >= 11 is 0. The molecule has 4 rings (SSSR count). The highest BCUT2D eigenvalue weighted by Crippen LogP contribution is 2.56. The van der Waals surface area contributed by atoms with Crippen molar-refractivity contribution in [3.63, 3.8) is 0 Å². The predicted octanol–water partition coefficient (Wildman–Crippen LogP) is 2.45. The highest BCUT2D eigenvalue weighted by molar-refractivity contribution is 5.75. The van der Waals surface area contributed by atoms with E-state index in [0.29, 0.717) is 11.8 Å². The number of esters is 1. The van der Waals surface area contributed by atoms with Gasteiger partial charge in [-0.3, -0.25) is 9.78 Å². The van der Waals surface area contributed by atoms with Crippen LogP contribution in [0.4, 0.5) is 0 Å². The number of nitrogens with one attached hydrogen (secondary N) is 1. The van der Waals surface area contributed by atoms with Crippen LogP contribution in [0.15, 0.2) is 36.5 Å². The average molecular weight is 370 g/mol. The number of allylic oxidation sites excluding steroid dienone is 1. The van der Waals surface area contributed by atoms with Crippen molar-refractivity contribution >= 4 is 5.97 Å². The van der Waals surface area contributed by atoms with Crippen LogP contribution < -0.4 is 4.90 Å². The summed E-state index contributed by atoms with van der Waals surface area (Å²) in [6, 6.07) is 6.06. The maximum Gasteiger partial charge on any atom is 0.315 e. The molecule has 3 fully saturated rings. The SMILES string of the molecule is C=C1CCC[C@]2(C)C[C@H]3OC(=O)[C@H](C[NH+](C)CCc4ccccn4)[C@H]3C[C@@H]12. The van der Waals surface area contributed by atoms with Gasteiger partial charge >= 0.3 is 5.97 Å². The molecule has 2 aliphatic carbocycles. The van der Waals surface area contributed by atoms with Crippen LogP contribution in [0.1, 0.15) is 44.7 Å². The Hall–Kier alpha value is -1.68. The number of nitrogens with zero attached hydrogens (tertiary/aromatic N) is 1. The maximum absolute atomic E-state index is 12.7. The average Bonchev–Trinajstić information content (AvgIpc) is 2.93. The molecule has 0 spiro atoms. The van der Waals surface area contributed by atoms with E-state index in [9.17, 15) is 4.79 Å². The van der Waals surface area contributed by atoms with Crippen molar-refractivity contribution in [3.05, 3.63) is 42.2 Å². The summed E-state index contributed by atoms with van der Waals surface area (Å²) in [6.07, 6.45) is 8.67. The molecule has 1 saturated heterocycles. The van der Waals surface area contributed by atoms with Gasteiger partial charge in [0.15, 0.2) is 0 Å². The van der Waals surface area contributed by atoms with Gasteiger partial charge in [0, 0.05) is 24.2 Å².